The van der Waals surface area contributed by atoms with Gasteiger partial charge in [-0.05, 0) is 80.2 Å². The van der Waals surface area contributed by atoms with E-state index in [1.807, 2.05) is 12.1 Å². The average Bonchev–Trinajstić information content (AvgIpc) is 2.62. The summed E-state index contributed by atoms with van der Waals surface area (Å²) in [6, 6.07) is 3.70. The second-order valence-corrected chi connectivity index (χ2v) is 12.3. The van der Waals surface area contributed by atoms with E-state index in [4.69, 9.17) is 0 Å². The van der Waals surface area contributed by atoms with Gasteiger partial charge in [0.15, 0.2) is 11.6 Å². The maximum atomic E-state index is 13.5. The van der Waals surface area contributed by atoms with Crippen LogP contribution in [0.15, 0.2) is 43.6 Å². The number of phenols is 1. The number of hydrogen-bond donors (Lipinski definition) is 1. The van der Waals surface area contributed by atoms with Gasteiger partial charge in [0.25, 0.3) is 0 Å². The van der Waals surface area contributed by atoms with Gasteiger partial charge in [0.05, 0.1) is 8.95 Å². The van der Waals surface area contributed by atoms with Crippen LogP contribution in [-0.2, 0) is 9.59 Å². The summed E-state index contributed by atoms with van der Waals surface area (Å²) in [6.07, 6.45) is 2.57. The lowest BCUT2D eigenvalue weighted by molar-refractivity contribution is -0.119. The largest absolute Gasteiger partial charge is 0.506 e. The van der Waals surface area contributed by atoms with Gasteiger partial charge in [-0.2, -0.15) is 0 Å². The molecule has 0 saturated carbocycles. The normalized spacial score (nSPS) is 23.3. The molecule has 0 atom stereocenters. The molecule has 0 saturated heterocycles. The lowest BCUT2D eigenvalue weighted by Gasteiger charge is -2.49. The second-order valence-electron chi connectivity index (χ2n) is 10.6. The zero-order chi connectivity index (χ0) is 22.9. The van der Waals surface area contributed by atoms with E-state index in [1.54, 1.807) is 0 Å². The number of carbonyl (C=O) groups excluding carboxylic acids is 2. The zero-order valence-electron chi connectivity index (χ0n) is 18.7. The molecule has 0 amide bonds. The molecule has 0 radical (unpaired) electrons. The molecule has 4 rings (SSSR count). The van der Waals surface area contributed by atoms with Gasteiger partial charge in [0.1, 0.15) is 5.75 Å². The van der Waals surface area contributed by atoms with Crippen molar-refractivity contribution in [2.45, 2.75) is 66.2 Å². The summed E-state index contributed by atoms with van der Waals surface area (Å²) < 4.78 is 1.09. The van der Waals surface area contributed by atoms with E-state index in [0.717, 1.165) is 47.5 Å². The van der Waals surface area contributed by atoms with E-state index in [0.29, 0.717) is 21.8 Å². The van der Waals surface area contributed by atoms with Gasteiger partial charge in [0.2, 0.25) is 0 Å². The highest BCUT2D eigenvalue weighted by atomic mass is 79.9. The van der Waals surface area contributed by atoms with Crippen LogP contribution in [0.1, 0.15) is 71.8 Å². The van der Waals surface area contributed by atoms with Gasteiger partial charge in [0, 0.05) is 47.8 Å². The molecule has 0 aromatic heterocycles. The number of Topliss-reactive ketones (excluding diaryl/α,β-unsaturated/α-hetero) is 2. The first-order valence-electron chi connectivity index (χ1n) is 10.8. The molecular formula is C25H29Br2NO3. The predicted molar refractivity (Wildman–Crippen MR) is 129 cm³/mol. The third kappa shape index (κ3) is 3.84. The molecule has 2 aliphatic carbocycles. The third-order valence-corrected chi connectivity index (χ3v) is 7.92. The standard InChI is InChI=1S/C25H29Br2NO3/c1-6-28-16-9-24(2,3)11-18(29)21(16)20(13-7-14(26)23(31)15(27)8-13)22-17(28)10-25(4,5)12-19(22)30/h7-8,20,31H,6,9-12H2,1-5H3. The van der Waals surface area contributed by atoms with Gasteiger partial charge in [-0.25, -0.2) is 0 Å². The van der Waals surface area contributed by atoms with Crippen molar-refractivity contribution in [1.29, 1.82) is 0 Å². The Labute approximate surface area is 201 Å². The van der Waals surface area contributed by atoms with Crippen molar-refractivity contribution < 1.29 is 14.7 Å². The number of rotatable bonds is 2. The summed E-state index contributed by atoms with van der Waals surface area (Å²) in [6.45, 7) is 11.4. The predicted octanol–water partition coefficient (Wildman–Crippen LogP) is 6.62. The fourth-order valence-corrected chi connectivity index (χ4v) is 6.74. The van der Waals surface area contributed by atoms with Crippen molar-refractivity contribution in [3.05, 3.63) is 49.2 Å². The monoisotopic (exact) mass is 549 g/mol. The second kappa shape index (κ2) is 7.58. The molecule has 6 heteroatoms. The third-order valence-electron chi connectivity index (χ3n) is 6.71. The van der Waals surface area contributed by atoms with Gasteiger partial charge >= 0.3 is 0 Å². The molecule has 0 spiro atoms. The summed E-state index contributed by atoms with van der Waals surface area (Å²) in [7, 11) is 0. The van der Waals surface area contributed by atoms with Crippen LogP contribution in [0, 0.1) is 10.8 Å². The van der Waals surface area contributed by atoms with Crippen molar-refractivity contribution >= 4 is 43.4 Å². The summed E-state index contributed by atoms with van der Waals surface area (Å²) in [5.41, 5.74) is 4.28. The first-order valence-corrected chi connectivity index (χ1v) is 12.4. The Morgan fingerprint density at radius 1 is 0.903 bits per heavy atom. The van der Waals surface area contributed by atoms with Crippen LogP contribution >= 0.6 is 31.9 Å². The molecule has 1 heterocycles. The Balaban J connectivity index is 2.02. The van der Waals surface area contributed by atoms with Crippen LogP contribution in [0.2, 0.25) is 0 Å². The lowest BCUT2D eigenvalue weighted by atomic mass is 9.63. The smallest absolute Gasteiger partial charge is 0.162 e. The summed E-state index contributed by atoms with van der Waals surface area (Å²) in [5.74, 6) is -0.0306. The van der Waals surface area contributed by atoms with Crippen LogP contribution in [0.25, 0.3) is 0 Å². The number of nitrogens with zero attached hydrogens (tertiary/aromatic N) is 1. The topological polar surface area (TPSA) is 57.6 Å². The van der Waals surface area contributed by atoms with E-state index in [9.17, 15) is 14.7 Å². The van der Waals surface area contributed by atoms with Gasteiger partial charge in [-0.15, -0.1) is 0 Å². The average molecular weight is 551 g/mol. The Hall–Kier alpha value is -1.40. The number of ketones is 2. The molecule has 166 valence electrons. The van der Waals surface area contributed by atoms with E-state index in [2.05, 4.69) is 71.4 Å². The first kappa shape index (κ1) is 22.8. The highest BCUT2D eigenvalue weighted by Crippen LogP contribution is 2.55. The number of hydrogen-bond acceptors (Lipinski definition) is 4. The maximum Gasteiger partial charge on any atom is 0.162 e. The van der Waals surface area contributed by atoms with Crippen molar-refractivity contribution in [3.8, 4) is 5.75 Å². The lowest BCUT2D eigenvalue weighted by Crippen LogP contribution is -2.44. The quantitative estimate of drug-likeness (QED) is 0.449. The minimum Gasteiger partial charge on any atom is -0.506 e. The van der Waals surface area contributed by atoms with E-state index in [-0.39, 0.29) is 28.1 Å². The Bertz CT molecular complexity index is 988. The number of phenolic OH excluding ortho intramolecular Hbond substituents is 1. The van der Waals surface area contributed by atoms with Gasteiger partial charge < -0.3 is 10.0 Å². The number of benzene rings is 1. The minimum atomic E-state index is -0.395. The number of aromatic hydroxyl groups is 1. The summed E-state index contributed by atoms with van der Waals surface area (Å²) in [5, 5.41) is 10.3. The molecule has 1 aromatic carbocycles. The van der Waals surface area contributed by atoms with E-state index >= 15 is 0 Å². The van der Waals surface area contributed by atoms with Gasteiger partial charge in [-0.3, -0.25) is 9.59 Å². The Morgan fingerprint density at radius 3 is 1.71 bits per heavy atom. The molecule has 1 aliphatic heterocycles. The Kier molecular flexibility index (Phi) is 5.57. The molecule has 0 fully saturated rings. The van der Waals surface area contributed by atoms with Gasteiger partial charge in [-0.1, -0.05) is 27.7 Å². The number of allylic oxidation sites excluding steroid dienone is 4. The van der Waals surface area contributed by atoms with Crippen LogP contribution in [0.5, 0.6) is 5.75 Å². The van der Waals surface area contributed by atoms with E-state index < -0.39 is 5.92 Å². The molecule has 1 N–H and O–H groups in total. The molecule has 0 unspecified atom stereocenters. The SMILES string of the molecule is CCN1C2=C(C(=O)CC(C)(C)C2)C(c2cc(Br)c(O)c(Br)c2)C2=C1CC(C)(C)CC2=O. The molecule has 31 heavy (non-hydrogen) atoms. The van der Waals surface area contributed by atoms with Crippen molar-refractivity contribution in [2.24, 2.45) is 10.8 Å². The van der Waals surface area contributed by atoms with E-state index in [1.165, 1.54) is 0 Å². The molecular weight excluding hydrogens is 522 g/mol. The molecule has 4 nitrogen and oxygen atoms in total. The minimum absolute atomic E-state index is 0.115. The fraction of sp³-hybridized carbons (Fsp3) is 0.520. The molecule has 1 aromatic rings. The number of carbonyl (C=O) groups is 2. The zero-order valence-corrected chi connectivity index (χ0v) is 21.9. The highest BCUT2D eigenvalue weighted by Gasteiger charge is 2.48. The molecule has 0 bridgehead atoms. The van der Waals surface area contributed by atoms with Crippen LogP contribution in [0.3, 0.4) is 0 Å². The van der Waals surface area contributed by atoms with Crippen molar-refractivity contribution in [2.75, 3.05) is 6.54 Å². The highest BCUT2D eigenvalue weighted by molar-refractivity contribution is 9.11. The number of halogens is 2. The van der Waals surface area contributed by atoms with Crippen LogP contribution < -0.4 is 0 Å². The Morgan fingerprint density at radius 2 is 1.32 bits per heavy atom. The maximum absolute atomic E-state index is 13.5. The fourth-order valence-electron chi connectivity index (χ4n) is 5.51. The van der Waals surface area contributed by atoms with Crippen molar-refractivity contribution in [3.63, 3.8) is 0 Å². The van der Waals surface area contributed by atoms with Crippen molar-refractivity contribution in [1.82, 2.24) is 4.90 Å². The summed E-state index contributed by atoms with van der Waals surface area (Å²) in [4.78, 5) is 29.3. The summed E-state index contributed by atoms with van der Waals surface area (Å²) >= 11 is 6.88. The van der Waals surface area contributed by atoms with Crippen LogP contribution in [0.4, 0.5) is 0 Å². The first-order chi connectivity index (χ1) is 14.3. The van der Waals surface area contributed by atoms with Crippen LogP contribution in [-0.4, -0.2) is 28.1 Å². The molecule has 3 aliphatic rings.